The zero-order valence-corrected chi connectivity index (χ0v) is 12.4. The van der Waals surface area contributed by atoms with Gasteiger partial charge in [-0.1, -0.05) is 0 Å². The fourth-order valence-corrected chi connectivity index (χ4v) is 1.78. The molecule has 0 aliphatic carbocycles. The predicted octanol–water partition coefficient (Wildman–Crippen LogP) is 2.93. The molecule has 21 heavy (non-hydrogen) atoms. The lowest BCUT2D eigenvalue weighted by Gasteiger charge is -2.12. The van der Waals surface area contributed by atoms with Crippen molar-refractivity contribution in [2.45, 2.75) is 33.5 Å². The molecular weight excluding hydrogens is 268 g/mol. The van der Waals surface area contributed by atoms with Gasteiger partial charge < -0.3 is 9.47 Å². The second-order valence-electron chi connectivity index (χ2n) is 4.90. The Morgan fingerprint density at radius 2 is 2.05 bits per heavy atom. The van der Waals surface area contributed by atoms with Crippen molar-refractivity contribution in [1.82, 2.24) is 9.97 Å². The van der Waals surface area contributed by atoms with Crippen LogP contribution < -0.4 is 4.74 Å². The summed E-state index contributed by atoms with van der Waals surface area (Å²) in [5.74, 6) is -0.156. The first-order valence-electron chi connectivity index (χ1n) is 6.76. The molecule has 0 radical (unpaired) electrons. The van der Waals surface area contributed by atoms with Crippen LogP contribution >= 0.6 is 0 Å². The average molecular weight is 286 g/mol. The largest absolute Gasteiger partial charge is 0.474 e. The lowest BCUT2D eigenvalue weighted by Crippen LogP contribution is -2.13. The van der Waals surface area contributed by atoms with E-state index in [9.17, 15) is 4.79 Å². The summed E-state index contributed by atoms with van der Waals surface area (Å²) in [5, 5.41) is 0. The normalized spacial score (nSPS) is 10.5. The van der Waals surface area contributed by atoms with Gasteiger partial charge in [0, 0.05) is 18.1 Å². The van der Waals surface area contributed by atoms with Crippen LogP contribution in [0.3, 0.4) is 0 Å². The molecular formula is C16H18N2O3. The van der Waals surface area contributed by atoms with E-state index in [1.807, 2.05) is 32.9 Å². The number of esters is 1. The van der Waals surface area contributed by atoms with Crippen molar-refractivity contribution in [3.8, 4) is 5.88 Å². The maximum Gasteiger partial charge on any atom is 0.343 e. The van der Waals surface area contributed by atoms with Gasteiger partial charge in [0.25, 0.3) is 0 Å². The molecule has 2 aromatic rings. The van der Waals surface area contributed by atoms with Gasteiger partial charge in [-0.3, -0.25) is 4.98 Å². The highest BCUT2D eigenvalue weighted by Crippen LogP contribution is 2.17. The highest BCUT2D eigenvalue weighted by Gasteiger charge is 2.16. The monoisotopic (exact) mass is 286 g/mol. The first-order chi connectivity index (χ1) is 10.1. The number of rotatable bonds is 5. The van der Waals surface area contributed by atoms with Gasteiger partial charge in [0.05, 0.1) is 6.10 Å². The van der Waals surface area contributed by atoms with Gasteiger partial charge in [-0.25, -0.2) is 9.78 Å². The molecule has 2 aromatic heterocycles. The van der Waals surface area contributed by atoms with Crippen LogP contribution in [0.4, 0.5) is 0 Å². The zero-order valence-electron chi connectivity index (χ0n) is 12.4. The zero-order chi connectivity index (χ0) is 15.2. The van der Waals surface area contributed by atoms with E-state index in [1.165, 1.54) is 0 Å². The summed E-state index contributed by atoms with van der Waals surface area (Å²) >= 11 is 0. The maximum atomic E-state index is 12.1. The molecule has 0 atom stereocenters. The minimum absolute atomic E-state index is 0.0608. The molecule has 0 aliphatic rings. The Hall–Kier alpha value is -2.43. The second kappa shape index (κ2) is 6.83. The van der Waals surface area contributed by atoms with Crippen LogP contribution in [0.15, 0.2) is 36.7 Å². The van der Waals surface area contributed by atoms with Crippen molar-refractivity contribution in [2.75, 3.05) is 0 Å². The lowest BCUT2D eigenvalue weighted by molar-refractivity contribution is 0.0465. The number of nitrogens with zero attached hydrogens (tertiary/aromatic N) is 2. The molecule has 5 heteroatoms. The van der Waals surface area contributed by atoms with E-state index in [1.54, 1.807) is 24.5 Å². The molecule has 110 valence electrons. The Kier molecular flexibility index (Phi) is 4.87. The highest BCUT2D eigenvalue weighted by molar-refractivity contribution is 5.91. The van der Waals surface area contributed by atoms with Gasteiger partial charge >= 0.3 is 5.97 Å². The summed E-state index contributed by atoms with van der Waals surface area (Å²) in [6, 6.07) is 7.02. The third kappa shape index (κ3) is 4.27. The molecule has 0 spiro atoms. The fourth-order valence-electron chi connectivity index (χ4n) is 1.78. The van der Waals surface area contributed by atoms with Crippen molar-refractivity contribution in [3.05, 3.63) is 53.5 Å². The third-order valence-corrected chi connectivity index (χ3v) is 2.67. The summed E-state index contributed by atoms with van der Waals surface area (Å²) in [7, 11) is 0. The molecule has 0 saturated carbocycles. The van der Waals surface area contributed by atoms with E-state index in [4.69, 9.17) is 9.47 Å². The predicted molar refractivity (Wildman–Crippen MR) is 78.1 cm³/mol. The number of hydrogen-bond donors (Lipinski definition) is 0. The van der Waals surface area contributed by atoms with Crippen LogP contribution in [-0.2, 0) is 11.3 Å². The molecule has 0 bridgehead atoms. The number of carbonyl (C=O) groups is 1. The lowest BCUT2D eigenvalue weighted by atomic mass is 10.2. The molecule has 5 nitrogen and oxygen atoms in total. The topological polar surface area (TPSA) is 61.3 Å². The minimum Gasteiger partial charge on any atom is -0.474 e. The Morgan fingerprint density at radius 3 is 2.76 bits per heavy atom. The van der Waals surface area contributed by atoms with E-state index in [2.05, 4.69) is 9.97 Å². The van der Waals surface area contributed by atoms with Gasteiger partial charge in [0.1, 0.15) is 12.2 Å². The molecule has 0 aliphatic heterocycles. The molecule has 0 fully saturated rings. The number of pyridine rings is 2. The standard InChI is InChI=1S/C16H18N2O3/c1-11(2)21-15-14(5-4-7-18-15)16(19)20-10-13-6-8-17-12(3)9-13/h4-9,11H,10H2,1-3H3. The Bertz CT molecular complexity index is 626. The fraction of sp³-hybridized carbons (Fsp3) is 0.312. The van der Waals surface area contributed by atoms with E-state index in [0.717, 1.165) is 11.3 Å². The maximum absolute atomic E-state index is 12.1. The molecule has 0 saturated heterocycles. The Morgan fingerprint density at radius 1 is 1.24 bits per heavy atom. The van der Waals surface area contributed by atoms with Gasteiger partial charge in [-0.05, 0) is 50.6 Å². The quantitative estimate of drug-likeness (QED) is 0.791. The number of carbonyl (C=O) groups excluding carboxylic acids is 1. The Balaban J connectivity index is 2.07. The molecule has 2 heterocycles. The van der Waals surface area contributed by atoms with E-state index in [-0.39, 0.29) is 12.7 Å². The van der Waals surface area contributed by atoms with Crippen LogP contribution in [-0.4, -0.2) is 22.0 Å². The molecule has 2 rings (SSSR count). The van der Waals surface area contributed by atoms with Crippen molar-refractivity contribution in [3.63, 3.8) is 0 Å². The molecule has 0 N–H and O–H groups in total. The number of ether oxygens (including phenoxy) is 2. The molecule has 0 aromatic carbocycles. The van der Waals surface area contributed by atoms with Crippen LogP contribution in [0, 0.1) is 6.92 Å². The summed E-state index contributed by atoms with van der Waals surface area (Å²) < 4.78 is 10.8. The first kappa shape index (κ1) is 15.0. The number of aryl methyl sites for hydroxylation is 1. The number of hydrogen-bond acceptors (Lipinski definition) is 5. The van der Waals surface area contributed by atoms with Crippen LogP contribution in [0.1, 0.15) is 35.5 Å². The van der Waals surface area contributed by atoms with Crippen LogP contribution in [0.25, 0.3) is 0 Å². The Labute approximate surface area is 124 Å². The smallest absolute Gasteiger partial charge is 0.343 e. The molecule has 0 unspecified atom stereocenters. The highest BCUT2D eigenvalue weighted by atomic mass is 16.5. The van der Waals surface area contributed by atoms with Crippen molar-refractivity contribution >= 4 is 5.97 Å². The van der Waals surface area contributed by atoms with E-state index in [0.29, 0.717) is 11.4 Å². The number of aromatic nitrogens is 2. The van der Waals surface area contributed by atoms with Crippen molar-refractivity contribution in [1.29, 1.82) is 0 Å². The van der Waals surface area contributed by atoms with Crippen LogP contribution in [0.2, 0.25) is 0 Å². The minimum atomic E-state index is -0.451. The van der Waals surface area contributed by atoms with Gasteiger partial charge in [-0.2, -0.15) is 0 Å². The van der Waals surface area contributed by atoms with E-state index >= 15 is 0 Å². The van der Waals surface area contributed by atoms with Crippen LogP contribution in [0.5, 0.6) is 5.88 Å². The van der Waals surface area contributed by atoms with Crippen molar-refractivity contribution < 1.29 is 14.3 Å². The second-order valence-corrected chi connectivity index (χ2v) is 4.90. The molecule has 0 amide bonds. The van der Waals surface area contributed by atoms with Gasteiger partial charge in [-0.15, -0.1) is 0 Å². The average Bonchev–Trinajstić information content (AvgIpc) is 2.45. The van der Waals surface area contributed by atoms with E-state index < -0.39 is 5.97 Å². The first-order valence-corrected chi connectivity index (χ1v) is 6.76. The summed E-state index contributed by atoms with van der Waals surface area (Å²) in [5.41, 5.74) is 2.11. The van der Waals surface area contributed by atoms with Gasteiger partial charge in [0.15, 0.2) is 0 Å². The van der Waals surface area contributed by atoms with Crippen molar-refractivity contribution in [2.24, 2.45) is 0 Å². The summed E-state index contributed by atoms with van der Waals surface area (Å²) in [6.45, 7) is 5.84. The third-order valence-electron chi connectivity index (χ3n) is 2.67. The SMILES string of the molecule is Cc1cc(COC(=O)c2cccnc2OC(C)C)ccn1. The van der Waals surface area contributed by atoms with Gasteiger partial charge in [0.2, 0.25) is 5.88 Å². The summed E-state index contributed by atoms with van der Waals surface area (Å²) in [4.78, 5) is 20.3. The summed E-state index contributed by atoms with van der Waals surface area (Å²) in [6.07, 6.45) is 3.21.